The molecule has 1 fully saturated rings. The van der Waals surface area contributed by atoms with Gasteiger partial charge in [-0.2, -0.15) is 0 Å². The van der Waals surface area contributed by atoms with Gasteiger partial charge in [-0.1, -0.05) is 46.3 Å². The second kappa shape index (κ2) is 6.48. The summed E-state index contributed by atoms with van der Waals surface area (Å²) < 4.78 is 14.5. The lowest BCUT2D eigenvalue weighted by atomic mass is 10.1. The van der Waals surface area contributed by atoms with Crippen molar-refractivity contribution in [2.24, 2.45) is 0 Å². The lowest BCUT2D eigenvalue weighted by Crippen LogP contribution is -2.37. The first-order chi connectivity index (χ1) is 10.6. The predicted molar refractivity (Wildman–Crippen MR) is 87.1 cm³/mol. The standard InChI is InChI=1S/C17H16BrFN2O/c18-13-7-5-11(6-8-13)14-9-16(14)21-17(22)20-10-12-3-1-2-4-15(12)19/h1-8,14,16H,9-10H2,(H2,20,21,22)/t14-,16+/m0/s1. The van der Waals surface area contributed by atoms with Gasteiger partial charge in [-0.3, -0.25) is 0 Å². The van der Waals surface area contributed by atoms with Gasteiger partial charge in [0.05, 0.1) is 0 Å². The van der Waals surface area contributed by atoms with Gasteiger partial charge in [-0.15, -0.1) is 0 Å². The van der Waals surface area contributed by atoms with Gasteiger partial charge in [0.15, 0.2) is 0 Å². The third kappa shape index (κ3) is 3.65. The van der Waals surface area contributed by atoms with Gasteiger partial charge in [-0.25, -0.2) is 9.18 Å². The number of urea groups is 1. The third-order valence-electron chi connectivity index (χ3n) is 3.80. The first-order valence-corrected chi connectivity index (χ1v) is 7.96. The van der Waals surface area contributed by atoms with Crippen molar-refractivity contribution in [2.75, 3.05) is 0 Å². The van der Waals surface area contributed by atoms with Gasteiger partial charge in [0.25, 0.3) is 0 Å². The van der Waals surface area contributed by atoms with Crippen molar-refractivity contribution in [3.63, 3.8) is 0 Å². The van der Waals surface area contributed by atoms with Crippen molar-refractivity contribution in [2.45, 2.75) is 24.9 Å². The van der Waals surface area contributed by atoms with Crippen molar-refractivity contribution in [3.05, 3.63) is 69.9 Å². The van der Waals surface area contributed by atoms with Gasteiger partial charge in [0.2, 0.25) is 0 Å². The number of benzene rings is 2. The van der Waals surface area contributed by atoms with Gasteiger partial charge in [-0.05, 0) is 30.2 Å². The first kappa shape index (κ1) is 15.0. The number of halogens is 2. The molecule has 114 valence electrons. The van der Waals surface area contributed by atoms with E-state index in [0.29, 0.717) is 11.5 Å². The number of nitrogens with one attached hydrogen (secondary N) is 2. The minimum absolute atomic E-state index is 0.154. The average Bonchev–Trinajstić information content (AvgIpc) is 3.26. The van der Waals surface area contributed by atoms with Crippen molar-refractivity contribution in [3.8, 4) is 0 Å². The zero-order valence-electron chi connectivity index (χ0n) is 11.9. The van der Waals surface area contributed by atoms with Gasteiger partial charge >= 0.3 is 6.03 Å². The highest BCUT2D eigenvalue weighted by molar-refractivity contribution is 9.10. The van der Waals surface area contributed by atoms with Crippen LogP contribution in [0.4, 0.5) is 9.18 Å². The number of hydrogen-bond acceptors (Lipinski definition) is 1. The van der Waals surface area contributed by atoms with Crippen LogP contribution in [0, 0.1) is 5.82 Å². The highest BCUT2D eigenvalue weighted by atomic mass is 79.9. The normalized spacial score (nSPS) is 19.5. The average molecular weight is 363 g/mol. The number of rotatable bonds is 4. The molecule has 1 aliphatic carbocycles. The van der Waals surface area contributed by atoms with Crippen LogP contribution in [0.2, 0.25) is 0 Å². The van der Waals surface area contributed by atoms with Crippen LogP contribution >= 0.6 is 15.9 Å². The monoisotopic (exact) mass is 362 g/mol. The van der Waals surface area contributed by atoms with Crippen molar-refractivity contribution >= 4 is 22.0 Å². The van der Waals surface area contributed by atoms with Crippen LogP contribution < -0.4 is 10.6 Å². The summed E-state index contributed by atoms with van der Waals surface area (Å²) in [6.45, 7) is 0.189. The lowest BCUT2D eigenvalue weighted by Gasteiger charge is -2.08. The molecule has 0 bridgehead atoms. The molecule has 1 aliphatic rings. The molecule has 2 aromatic carbocycles. The summed E-state index contributed by atoms with van der Waals surface area (Å²) in [4.78, 5) is 11.9. The highest BCUT2D eigenvalue weighted by Gasteiger charge is 2.39. The van der Waals surface area contributed by atoms with Crippen molar-refractivity contribution in [1.82, 2.24) is 10.6 Å². The maximum atomic E-state index is 13.5. The van der Waals surface area contributed by atoms with E-state index >= 15 is 0 Å². The van der Waals surface area contributed by atoms with Crippen LogP contribution in [0.25, 0.3) is 0 Å². The van der Waals surface area contributed by atoms with E-state index in [1.165, 1.54) is 11.6 Å². The minimum atomic E-state index is -0.304. The summed E-state index contributed by atoms with van der Waals surface area (Å²) in [5.41, 5.74) is 1.71. The molecule has 0 heterocycles. The zero-order chi connectivity index (χ0) is 15.5. The Morgan fingerprint density at radius 2 is 1.91 bits per heavy atom. The maximum absolute atomic E-state index is 13.5. The molecule has 2 N–H and O–H groups in total. The summed E-state index contributed by atoms with van der Waals surface area (Å²) >= 11 is 3.41. The fraction of sp³-hybridized carbons (Fsp3) is 0.235. The molecule has 1 saturated carbocycles. The molecule has 22 heavy (non-hydrogen) atoms. The Bertz CT molecular complexity index is 675. The molecule has 0 spiro atoms. The topological polar surface area (TPSA) is 41.1 Å². The largest absolute Gasteiger partial charge is 0.335 e. The molecule has 2 aromatic rings. The van der Waals surface area contributed by atoms with Gasteiger partial charge in [0, 0.05) is 28.5 Å². The zero-order valence-corrected chi connectivity index (χ0v) is 13.4. The first-order valence-electron chi connectivity index (χ1n) is 7.17. The summed E-state index contributed by atoms with van der Waals surface area (Å²) in [6.07, 6.45) is 0.939. The Kier molecular flexibility index (Phi) is 4.43. The van der Waals surface area contributed by atoms with Crippen molar-refractivity contribution < 1.29 is 9.18 Å². The highest BCUT2D eigenvalue weighted by Crippen LogP contribution is 2.40. The summed E-state index contributed by atoms with van der Waals surface area (Å²) in [5, 5.41) is 5.62. The van der Waals surface area contributed by atoms with E-state index in [1.807, 2.05) is 12.1 Å². The quantitative estimate of drug-likeness (QED) is 0.849. The summed E-state index contributed by atoms with van der Waals surface area (Å²) in [6, 6.07) is 14.5. The molecule has 0 aromatic heterocycles. The van der Waals surface area contributed by atoms with E-state index in [9.17, 15) is 9.18 Å². The van der Waals surface area contributed by atoms with Gasteiger partial charge < -0.3 is 10.6 Å². The molecule has 0 aliphatic heterocycles. The molecule has 3 nitrogen and oxygen atoms in total. The van der Waals surface area contributed by atoms with Crippen molar-refractivity contribution in [1.29, 1.82) is 0 Å². The molecule has 2 amide bonds. The Labute approximate surface area is 137 Å². The fourth-order valence-corrected chi connectivity index (χ4v) is 2.73. The molecule has 0 unspecified atom stereocenters. The van der Waals surface area contributed by atoms with E-state index in [1.54, 1.807) is 18.2 Å². The molecule has 2 atom stereocenters. The molecule has 0 radical (unpaired) electrons. The number of amides is 2. The SMILES string of the molecule is O=C(NCc1ccccc1F)N[C@@H]1C[C@H]1c1ccc(Br)cc1. The number of carbonyl (C=O) groups is 1. The Morgan fingerprint density at radius 3 is 2.64 bits per heavy atom. The Morgan fingerprint density at radius 1 is 1.18 bits per heavy atom. The lowest BCUT2D eigenvalue weighted by molar-refractivity contribution is 0.240. The molecular formula is C17H16BrFN2O. The molecule has 0 saturated heterocycles. The number of hydrogen-bond donors (Lipinski definition) is 2. The molecule has 5 heteroatoms. The van der Waals surface area contributed by atoms with Crippen LogP contribution in [0.1, 0.15) is 23.5 Å². The van der Waals surface area contributed by atoms with Crippen LogP contribution in [-0.2, 0) is 6.54 Å². The molecule has 3 rings (SSSR count). The predicted octanol–water partition coefficient (Wildman–Crippen LogP) is 3.94. The van der Waals surface area contributed by atoms with E-state index in [4.69, 9.17) is 0 Å². The van der Waals surface area contributed by atoms with Gasteiger partial charge in [0.1, 0.15) is 5.82 Å². The third-order valence-corrected chi connectivity index (χ3v) is 4.33. The molecular weight excluding hydrogens is 347 g/mol. The van der Waals surface area contributed by atoms with E-state index in [-0.39, 0.29) is 24.4 Å². The minimum Gasteiger partial charge on any atom is -0.335 e. The Balaban J connectivity index is 1.47. The summed E-state index contributed by atoms with van der Waals surface area (Å²) in [5.74, 6) is 0.0641. The van der Waals surface area contributed by atoms with Crippen LogP contribution in [0.5, 0.6) is 0 Å². The van der Waals surface area contributed by atoms with Crippen LogP contribution in [0.3, 0.4) is 0 Å². The van der Waals surface area contributed by atoms with E-state index in [0.717, 1.165) is 10.9 Å². The number of carbonyl (C=O) groups excluding carboxylic acids is 1. The van der Waals surface area contributed by atoms with E-state index in [2.05, 4.69) is 38.7 Å². The van der Waals surface area contributed by atoms with Crippen LogP contribution in [0.15, 0.2) is 53.0 Å². The summed E-state index contributed by atoms with van der Waals surface area (Å²) in [7, 11) is 0. The smallest absolute Gasteiger partial charge is 0.315 e. The maximum Gasteiger partial charge on any atom is 0.315 e. The van der Waals surface area contributed by atoms with E-state index < -0.39 is 0 Å². The second-order valence-corrected chi connectivity index (χ2v) is 6.33. The van der Waals surface area contributed by atoms with Crippen LogP contribution in [-0.4, -0.2) is 12.1 Å². The fourth-order valence-electron chi connectivity index (χ4n) is 2.47. The second-order valence-electron chi connectivity index (χ2n) is 5.42. The Hall–Kier alpha value is -1.88.